The fourth-order valence-corrected chi connectivity index (χ4v) is 2.14. The monoisotopic (exact) mass is 275 g/mol. The Kier molecular flexibility index (Phi) is 3.43. The molecule has 102 valence electrons. The van der Waals surface area contributed by atoms with Crippen LogP contribution in [-0.4, -0.2) is 16.3 Å². The molecule has 0 atom stereocenters. The van der Waals surface area contributed by atoms with E-state index >= 15 is 0 Å². The van der Waals surface area contributed by atoms with Crippen LogP contribution in [0.3, 0.4) is 0 Å². The number of rotatable bonds is 3. The minimum Gasteiger partial charge on any atom is -0.382 e. The largest absolute Gasteiger partial charge is 0.382 e. The van der Waals surface area contributed by atoms with Crippen molar-refractivity contribution in [1.29, 1.82) is 0 Å². The second-order valence-corrected chi connectivity index (χ2v) is 4.54. The summed E-state index contributed by atoms with van der Waals surface area (Å²) in [6.07, 6.45) is 0.629. The first kappa shape index (κ1) is 13.0. The number of aromatic nitrogens is 2. The van der Waals surface area contributed by atoms with Crippen LogP contribution in [0.5, 0.6) is 0 Å². The molecule has 0 aliphatic rings. The summed E-state index contributed by atoms with van der Waals surface area (Å²) in [7, 11) is 0. The second-order valence-electron chi connectivity index (χ2n) is 4.54. The summed E-state index contributed by atoms with van der Waals surface area (Å²) in [5.74, 6) is 0.142. The van der Waals surface area contributed by atoms with Gasteiger partial charge < -0.3 is 5.73 Å². The maximum Gasteiger partial charge on any atom is 0.172 e. The Morgan fingerprint density at radius 3 is 1.71 bits per heavy atom. The van der Waals surface area contributed by atoms with Crippen molar-refractivity contribution in [2.45, 2.75) is 0 Å². The SMILES string of the molecule is Nc1nc(-c2ccccc2)c(-c2ccccc2)nc1C=O. The number of nitrogens with two attached hydrogens (primary N) is 1. The molecule has 2 N–H and O–H groups in total. The maximum absolute atomic E-state index is 11.1. The molecule has 0 unspecified atom stereocenters. The van der Waals surface area contributed by atoms with Gasteiger partial charge in [-0.05, 0) is 0 Å². The molecule has 0 saturated carbocycles. The van der Waals surface area contributed by atoms with Crippen molar-refractivity contribution in [1.82, 2.24) is 9.97 Å². The minimum absolute atomic E-state index is 0.142. The summed E-state index contributed by atoms with van der Waals surface area (Å²) in [5.41, 5.74) is 9.10. The van der Waals surface area contributed by atoms with E-state index in [1.807, 2.05) is 60.7 Å². The highest BCUT2D eigenvalue weighted by atomic mass is 16.1. The molecular weight excluding hydrogens is 262 g/mol. The predicted octanol–water partition coefficient (Wildman–Crippen LogP) is 3.21. The van der Waals surface area contributed by atoms with Crippen LogP contribution >= 0.6 is 0 Å². The Morgan fingerprint density at radius 2 is 1.24 bits per heavy atom. The van der Waals surface area contributed by atoms with Crippen LogP contribution in [0.4, 0.5) is 5.82 Å². The summed E-state index contributed by atoms with van der Waals surface area (Å²) in [6, 6.07) is 19.3. The molecule has 0 spiro atoms. The molecule has 0 fully saturated rings. The molecular formula is C17H13N3O. The lowest BCUT2D eigenvalue weighted by molar-refractivity contribution is 0.112. The van der Waals surface area contributed by atoms with E-state index in [0.717, 1.165) is 11.1 Å². The smallest absolute Gasteiger partial charge is 0.172 e. The molecule has 0 bridgehead atoms. The van der Waals surface area contributed by atoms with Gasteiger partial charge in [0.2, 0.25) is 0 Å². The van der Waals surface area contributed by atoms with E-state index in [0.29, 0.717) is 17.7 Å². The van der Waals surface area contributed by atoms with Gasteiger partial charge in [0, 0.05) is 11.1 Å². The van der Waals surface area contributed by atoms with Gasteiger partial charge in [-0.3, -0.25) is 4.79 Å². The summed E-state index contributed by atoms with van der Waals surface area (Å²) < 4.78 is 0. The lowest BCUT2D eigenvalue weighted by Crippen LogP contribution is -2.04. The topological polar surface area (TPSA) is 68.9 Å². The molecule has 3 rings (SSSR count). The number of hydrogen-bond acceptors (Lipinski definition) is 4. The third-order valence-electron chi connectivity index (χ3n) is 3.16. The van der Waals surface area contributed by atoms with E-state index in [1.165, 1.54) is 0 Å². The molecule has 2 aromatic carbocycles. The van der Waals surface area contributed by atoms with E-state index < -0.39 is 0 Å². The van der Waals surface area contributed by atoms with Crippen molar-refractivity contribution in [2.75, 3.05) is 5.73 Å². The highest BCUT2D eigenvalue weighted by Gasteiger charge is 2.14. The Labute approximate surface area is 122 Å². The van der Waals surface area contributed by atoms with Gasteiger partial charge in [0.15, 0.2) is 12.1 Å². The van der Waals surface area contributed by atoms with Crippen molar-refractivity contribution in [3.63, 3.8) is 0 Å². The first-order chi connectivity index (χ1) is 10.3. The van der Waals surface area contributed by atoms with Gasteiger partial charge in [0.25, 0.3) is 0 Å². The highest BCUT2D eigenvalue weighted by molar-refractivity contribution is 5.85. The van der Waals surface area contributed by atoms with E-state index in [-0.39, 0.29) is 11.5 Å². The molecule has 0 radical (unpaired) electrons. The van der Waals surface area contributed by atoms with Crippen LogP contribution in [0.15, 0.2) is 60.7 Å². The van der Waals surface area contributed by atoms with Crippen molar-refractivity contribution in [2.24, 2.45) is 0 Å². The van der Waals surface area contributed by atoms with E-state index in [9.17, 15) is 4.79 Å². The Hall–Kier alpha value is -3.01. The molecule has 0 amide bonds. The quantitative estimate of drug-likeness (QED) is 0.745. The lowest BCUT2D eigenvalue weighted by atomic mass is 10.0. The molecule has 4 nitrogen and oxygen atoms in total. The molecule has 21 heavy (non-hydrogen) atoms. The van der Waals surface area contributed by atoms with Crippen molar-refractivity contribution in [3.05, 3.63) is 66.4 Å². The Bertz CT molecular complexity index is 771. The number of carbonyl (C=O) groups excluding carboxylic acids is 1. The van der Waals surface area contributed by atoms with Gasteiger partial charge in [0.1, 0.15) is 5.69 Å². The normalized spacial score (nSPS) is 10.3. The first-order valence-corrected chi connectivity index (χ1v) is 6.53. The van der Waals surface area contributed by atoms with Crippen LogP contribution in [0.1, 0.15) is 10.5 Å². The number of anilines is 1. The molecule has 4 heteroatoms. The van der Waals surface area contributed by atoms with Crippen LogP contribution in [-0.2, 0) is 0 Å². The Balaban J connectivity index is 2.28. The number of nitrogen functional groups attached to an aromatic ring is 1. The summed E-state index contributed by atoms with van der Waals surface area (Å²) in [4.78, 5) is 19.8. The number of benzene rings is 2. The summed E-state index contributed by atoms with van der Waals surface area (Å²) in [6.45, 7) is 0. The summed E-state index contributed by atoms with van der Waals surface area (Å²) >= 11 is 0. The first-order valence-electron chi connectivity index (χ1n) is 6.53. The number of carbonyl (C=O) groups is 1. The van der Waals surface area contributed by atoms with Crippen LogP contribution in [0.25, 0.3) is 22.5 Å². The van der Waals surface area contributed by atoms with Gasteiger partial charge in [-0.25, -0.2) is 9.97 Å². The average molecular weight is 275 g/mol. The number of aldehydes is 1. The van der Waals surface area contributed by atoms with Gasteiger partial charge in [-0.1, -0.05) is 60.7 Å². The summed E-state index contributed by atoms with van der Waals surface area (Å²) in [5, 5.41) is 0. The van der Waals surface area contributed by atoms with Gasteiger partial charge >= 0.3 is 0 Å². The molecule has 0 aliphatic heterocycles. The molecule has 1 aromatic heterocycles. The standard InChI is InChI=1S/C17H13N3O/c18-17-14(11-21)19-15(12-7-3-1-4-8-12)16(20-17)13-9-5-2-6-10-13/h1-11H,(H2,18,20). The Morgan fingerprint density at radius 1 is 0.762 bits per heavy atom. The van der Waals surface area contributed by atoms with E-state index in [1.54, 1.807) is 0 Å². The van der Waals surface area contributed by atoms with Crippen molar-refractivity contribution < 1.29 is 4.79 Å². The van der Waals surface area contributed by atoms with Crippen molar-refractivity contribution in [3.8, 4) is 22.5 Å². The molecule has 3 aromatic rings. The molecule has 0 saturated heterocycles. The fourth-order valence-electron chi connectivity index (χ4n) is 2.14. The van der Waals surface area contributed by atoms with Crippen LogP contribution < -0.4 is 5.73 Å². The van der Waals surface area contributed by atoms with Gasteiger partial charge in [0.05, 0.1) is 11.4 Å². The molecule has 1 heterocycles. The van der Waals surface area contributed by atoms with E-state index in [4.69, 9.17) is 5.73 Å². The van der Waals surface area contributed by atoms with Crippen molar-refractivity contribution >= 4 is 12.1 Å². The van der Waals surface area contributed by atoms with Crippen LogP contribution in [0.2, 0.25) is 0 Å². The lowest BCUT2D eigenvalue weighted by Gasteiger charge is -2.10. The van der Waals surface area contributed by atoms with E-state index in [2.05, 4.69) is 9.97 Å². The van der Waals surface area contributed by atoms with Crippen LogP contribution in [0, 0.1) is 0 Å². The fraction of sp³-hybridized carbons (Fsp3) is 0. The van der Waals surface area contributed by atoms with Gasteiger partial charge in [-0.2, -0.15) is 0 Å². The molecule has 0 aliphatic carbocycles. The zero-order chi connectivity index (χ0) is 14.7. The number of hydrogen-bond donors (Lipinski definition) is 1. The third kappa shape index (κ3) is 2.51. The zero-order valence-corrected chi connectivity index (χ0v) is 11.2. The highest BCUT2D eigenvalue weighted by Crippen LogP contribution is 2.30. The zero-order valence-electron chi connectivity index (χ0n) is 11.2. The maximum atomic E-state index is 11.1. The second kappa shape index (κ2) is 5.54. The average Bonchev–Trinajstić information content (AvgIpc) is 2.56. The minimum atomic E-state index is 0.142. The van der Waals surface area contributed by atoms with Gasteiger partial charge in [-0.15, -0.1) is 0 Å². The predicted molar refractivity (Wildman–Crippen MR) is 82.7 cm³/mol. The number of nitrogens with zero attached hydrogens (tertiary/aromatic N) is 2. The third-order valence-corrected chi connectivity index (χ3v) is 3.16.